The van der Waals surface area contributed by atoms with Gasteiger partial charge in [0.05, 0.1) is 13.2 Å². The molecule has 0 rings (SSSR count). The number of aliphatic hydroxyl groups is 1. The number of hydrogen-bond donors (Lipinski definition) is 1. The van der Waals surface area contributed by atoms with Gasteiger partial charge in [0.1, 0.15) is 6.29 Å². The van der Waals surface area contributed by atoms with Crippen molar-refractivity contribution in [1.82, 2.24) is 4.90 Å². The smallest absolute Gasteiger partial charge is 0.305 e. The highest BCUT2D eigenvalue weighted by Crippen LogP contribution is 2.10. The number of aliphatic hydroxyl groups excluding tert-OH is 1. The van der Waals surface area contributed by atoms with Crippen molar-refractivity contribution >= 4 is 12.3 Å². The molecule has 0 heterocycles. The van der Waals surface area contributed by atoms with Crippen molar-refractivity contribution in [2.24, 2.45) is 0 Å². The second-order valence-corrected chi connectivity index (χ2v) is 9.15. The highest BCUT2D eigenvalue weighted by atomic mass is 16.5. The third-order valence-electron chi connectivity index (χ3n) is 6.08. The third kappa shape index (κ3) is 23.7. The van der Waals surface area contributed by atoms with Gasteiger partial charge in [-0.1, -0.05) is 84.0 Å². The summed E-state index contributed by atoms with van der Waals surface area (Å²) in [6.07, 6.45) is 22.2. The molecule has 32 heavy (non-hydrogen) atoms. The van der Waals surface area contributed by atoms with E-state index < -0.39 is 0 Å². The van der Waals surface area contributed by atoms with Gasteiger partial charge in [-0.05, 0) is 45.2 Å². The van der Waals surface area contributed by atoms with Gasteiger partial charge in [-0.15, -0.1) is 0 Å². The fourth-order valence-corrected chi connectivity index (χ4v) is 4.02. The fraction of sp³-hybridized carbons (Fsp3) is 0.926. The largest absolute Gasteiger partial charge is 0.466 e. The van der Waals surface area contributed by atoms with Crippen molar-refractivity contribution in [3.63, 3.8) is 0 Å². The van der Waals surface area contributed by atoms with E-state index in [1.54, 1.807) is 0 Å². The Labute approximate surface area is 198 Å². The second kappa shape index (κ2) is 26.3. The lowest BCUT2D eigenvalue weighted by Crippen LogP contribution is -2.29. The third-order valence-corrected chi connectivity index (χ3v) is 6.08. The van der Waals surface area contributed by atoms with Crippen LogP contribution in [-0.2, 0) is 14.3 Å². The van der Waals surface area contributed by atoms with Gasteiger partial charge >= 0.3 is 5.97 Å². The molecule has 0 aliphatic heterocycles. The van der Waals surface area contributed by atoms with Crippen molar-refractivity contribution in [3.8, 4) is 0 Å². The van der Waals surface area contributed by atoms with Gasteiger partial charge in [0, 0.05) is 19.4 Å². The number of carbonyl (C=O) groups is 2. The standard InChI is InChI=1S/C27H53NO4/c1-2-3-4-5-8-14-19-26-32-27(31)20-15-10-9-12-17-22-28(23-25-30)21-16-11-6-7-13-18-24-29/h24,30H,2-23,25-26H2,1H3. The number of aldehydes is 1. The Hall–Kier alpha value is -0.940. The summed E-state index contributed by atoms with van der Waals surface area (Å²) in [6, 6.07) is 0. The summed E-state index contributed by atoms with van der Waals surface area (Å²) in [7, 11) is 0. The molecular weight excluding hydrogens is 402 g/mol. The molecule has 0 spiro atoms. The van der Waals surface area contributed by atoms with Crippen molar-refractivity contribution in [2.45, 2.75) is 129 Å². The van der Waals surface area contributed by atoms with Crippen molar-refractivity contribution in [1.29, 1.82) is 0 Å². The van der Waals surface area contributed by atoms with Crippen LogP contribution in [0.3, 0.4) is 0 Å². The summed E-state index contributed by atoms with van der Waals surface area (Å²) in [5, 5.41) is 9.28. The number of esters is 1. The maximum atomic E-state index is 11.8. The Morgan fingerprint density at radius 3 is 1.84 bits per heavy atom. The maximum absolute atomic E-state index is 11.8. The van der Waals surface area contributed by atoms with Crippen LogP contribution in [0.2, 0.25) is 0 Å². The van der Waals surface area contributed by atoms with Crippen LogP contribution in [0.4, 0.5) is 0 Å². The van der Waals surface area contributed by atoms with Crippen LogP contribution in [-0.4, -0.2) is 55.1 Å². The molecular formula is C27H53NO4. The molecule has 0 aromatic carbocycles. The topological polar surface area (TPSA) is 66.8 Å². The monoisotopic (exact) mass is 455 g/mol. The quantitative estimate of drug-likeness (QED) is 0.0921. The second-order valence-electron chi connectivity index (χ2n) is 9.15. The average molecular weight is 456 g/mol. The summed E-state index contributed by atoms with van der Waals surface area (Å²) in [4.78, 5) is 24.5. The molecule has 0 aromatic rings. The molecule has 190 valence electrons. The normalized spacial score (nSPS) is 11.2. The van der Waals surface area contributed by atoms with E-state index in [-0.39, 0.29) is 12.6 Å². The van der Waals surface area contributed by atoms with Gasteiger partial charge in [-0.2, -0.15) is 0 Å². The summed E-state index contributed by atoms with van der Waals surface area (Å²) >= 11 is 0. The van der Waals surface area contributed by atoms with Crippen LogP contribution in [0, 0.1) is 0 Å². The first-order valence-corrected chi connectivity index (χ1v) is 13.7. The zero-order valence-electron chi connectivity index (χ0n) is 21.2. The van der Waals surface area contributed by atoms with Crippen LogP contribution < -0.4 is 0 Å². The SMILES string of the molecule is CCCCCCCCCOC(=O)CCCCCCCN(CCO)CCCCCCCC=O. The first kappa shape index (κ1) is 31.1. The lowest BCUT2D eigenvalue weighted by molar-refractivity contribution is -0.143. The van der Waals surface area contributed by atoms with E-state index in [0.717, 1.165) is 70.9 Å². The Kier molecular flexibility index (Phi) is 25.5. The van der Waals surface area contributed by atoms with Crippen molar-refractivity contribution in [3.05, 3.63) is 0 Å². The van der Waals surface area contributed by atoms with Crippen LogP contribution in [0.5, 0.6) is 0 Å². The molecule has 0 saturated carbocycles. The molecule has 0 radical (unpaired) electrons. The first-order chi connectivity index (χ1) is 15.7. The average Bonchev–Trinajstić information content (AvgIpc) is 2.79. The minimum absolute atomic E-state index is 0.0312. The molecule has 0 atom stereocenters. The first-order valence-electron chi connectivity index (χ1n) is 13.7. The Bertz CT molecular complexity index is 403. The number of hydrogen-bond acceptors (Lipinski definition) is 5. The number of nitrogens with zero attached hydrogens (tertiary/aromatic N) is 1. The van der Waals surface area contributed by atoms with E-state index in [1.165, 1.54) is 64.2 Å². The fourth-order valence-electron chi connectivity index (χ4n) is 4.02. The zero-order valence-corrected chi connectivity index (χ0v) is 21.2. The number of carbonyl (C=O) groups excluding carboxylic acids is 2. The van der Waals surface area contributed by atoms with Crippen LogP contribution in [0.15, 0.2) is 0 Å². The maximum Gasteiger partial charge on any atom is 0.305 e. The minimum atomic E-state index is -0.0312. The molecule has 5 heteroatoms. The van der Waals surface area contributed by atoms with Crippen LogP contribution in [0.25, 0.3) is 0 Å². The van der Waals surface area contributed by atoms with E-state index in [0.29, 0.717) is 19.4 Å². The number of unbranched alkanes of at least 4 members (excludes halogenated alkanes) is 15. The lowest BCUT2D eigenvalue weighted by Gasteiger charge is -2.21. The van der Waals surface area contributed by atoms with Crippen molar-refractivity contribution in [2.75, 3.05) is 32.8 Å². The lowest BCUT2D eigenvalue weighted by atomic mass is 10.1. The van der Waals surface area contributed by atoms with Crippen LogP contribution >= 0.6 is 0 Å². The van der Waals surface area contributed by atoms with Gasteiger partial charge < -0.3 is 19.5 Å². The Morgan fingerprint density at radius 2 is 1.25 bits per heavy atom. The molecule has 0 saturated heterocycles. The predicted molar refractivity (Wildman–Crippen MR) is 134 cm³/mol. The predicted octanol–water partition coefficient (Wildman–Crippen LogP) is 6.45. The van der Waals surface area contributed by atoms with E-state index in [1.807, 2.05) is 0 Å². The summed E-state index contributed by atoms with van der Waals surface area (Å²) in [5.74, 6) is -0.0312. The highest BCUT2D eigenvalue weighted by molar-refractivity contribution is 5.69. The van der Waals surface area contributed by atoms with Crippen LogP contribution in [0.1, 0.15) is 129 Å². The molecule has 1 N–H and O–H groups in total. The van der Waals surface area contributed by atoms with E-state index >= 15 is 0 Å². The molecule has 0 aliphatic rings. The Balaban J connectivity index is 3.48. The zero-order chi connectivity index (χ0) is 23.5. The summed E-state index contributed by atoms with van der Waals surface area (Å²) in [6.45, 7) is 5.91. The van der Waals surface area contributed by atoms with Gasteiger partial charge in [-0.25, -0.2) is 0 Å². The number of ether oxygens (including phenoxy) is 1. The van der Waals surface area contributed by atoms with E-state index in [4.69, 9.17) is 4.74 Å². The van der Waals surface area contributed by atoms with E-state index in [2.05, 4.69) is 11.8 Å². The van der Waals surface area contributed by atoms with Gasteiger partial charge in [0.15, 0.2) is 0 Å². The minimum Gasteiger partial charge on any atom is -0.466 e. The number of rotatable bonds is 26. The summed E-state index contributed by atoms with van der Waals surface area (Å²) < 4.78 is 5.35. The molecule has 0 unspecified atom stereocenters. The molecule has 0 bridgehead atoms. The van der Waals surface area contributed by atoms with Gasteiger partial charge in [0.2, 0.25) is 0 Å². The Morgan fingerprint density at radius 1 is 0.719 bits per heavy atom. The van der Waals surface area contributed by atoms with Gasteiger partial charge in [0.25, 0.3) is 0 Å². The van der Waals surface area contributed by atoms with Gasteiger partial charge in [-0.3, -0.25) is 4.79 Å². The summed E-state index contributed by atoms with van der Waals surface area (Å²) in [5.41, 5.74) is 0. The highest BCUT2D eigenvalue weighted by Gasteiger charge is 2.05. The molecule has 0 aromatic heterocycles. The molecule has 0 amide bonds. The van der Waals surface area contributed by atoms with Crippen molar-refractivity contribution < 1.29 is 19.4 Å². The molecule has 0 aliphatic carbocycles. The van der Waals surface area contributed by atoms with E-state index in [9.17, 15) is 14.7 Å². The molecule has 0 fully saturated rings. The molecule has 5 nitrogen and oxygen atoms in total.